The summed E-state index contributed by atoms with van der Waals surface area (Å²) < 4.78 is 0. The number of primary amides is 2. The van der Waals surface area contributed by atoms with Crippen molar-refractivity contribution in [3.8, 4) is 5.75 Å². The van der Waals surface area contributed by atoms with E-state index in [9.17, 15) is 14.7 Å². The third-order valence-corrected chi connectivity index (χ3v) is 5.01. The van der Waals surface area contributed by atoms with E-state index < -0.39 is 11.8 Å². The van der Waals surface area contributed by atoms with Crippen molar-refractivity contribution in [3.63, 3.8) is 0 Å². The number of carbonyl (C=O) groups is 2. The molecule has 0 saturated carbocycles. The molecule has 0 aliphatic heterocycles. The predicted octanol–water partition coefficient (Wildman–Crippen LogP) is 3.08. The molecule has 0 heterocycles. The molecule has 0 atom stereocenters. The Bertz CT molecular complexity index is 1330. The normalized spacial score (nSPS) is 12.0. The molecule has 0 aliphatic carbocycles. The summed E-state index contributed by atoms with van der Waals surface area (Å²) in [6.07, 6.45) is 0. The second-order valence-corrected chi connectivity index (χ2v) is 6.29. The molecule has 4 bridgehead atoms. The second kappa shape index (κ2) is 4.27. The molecule has 5 heteroatoms. The second-order valence-electron chi connectivity index (χ2n) is 6.29. The Balaban J connectivity index is 2.29. The number of fused-ring (bicyclic) bond motifs is 4. The first-order valence-electron chi connectivity index (χ1n) is 7.77. The zero-order chi connectivity index (χ0) is 17.5. The summed E-state index contributed by atoms with van der Waals surface area (Å²) in [4.78, 5) is 24.7. The van der Waals surface area contributed by atoms with Gasteiger partial charge >= 0.3 is 0 Å². The Morgan fingerprint density at radius 1 is 0.680 bits per heavy atom. The molecule has 0 unspecified atom stereocenters. The highest BCUT2D eigenvalue weighted by Gasteiger charge is 2.26. The summed E-state index contributed by atoms with van der Waals surface area (Å²) in [5.41, 5.74) is 12.1. The van der Waals surface area contributed by atoms with Gasteiger partial charge in [0, 0.05) is 26.9 Å². The molecule has 7 aromatic carbocycles. The zero-order valence-electron chi connectivity index (χ0n) is 13.0. The van der Waals surface area contributed by atoms with Crippen LogP contribution in [0, 0.1) is 0 Å². The molecule has 5 N–H and O–H groups in total. The lowest BCUT2D eigenvalue weighted by Gasteiger charge is -2.20. The van der Waals surface area contributed by atoms with Gasteiger partial charge in [0.1, 0.15) is 5.75 Å². The minimum Gasteiger partial charge on any atom is -0.507 e. The van der Waals surface area contributed by atoms with Gasteiger partial charge in [-0.25, -0.2) is 0 Å². The third-order valence-electron chi connectivity index (χ3n) is 5.01. The summed E-state index contributed by atoms with van der Waals surface area (Å²) in [7, 11) is 0. The van der Waals surface area contributed by atoms with Gasteiger partial charge < -0.3 is 16.6 Å². The Hall–Kier alpha value is -3.60. The maximum Gasteiger partial charge on any atom is 0.250 e. The first kappa shape index (κ1) is 13.8. The van der Waals surface area contributed by atoms with Crippen LogP contribution in [-0.4, -0.2) is 16.9 Å². The number of amides is 2. The smallest absolute Gasteiger partial charge is 0.250 e. The van der Waals surface area contributed by atoms with Gasteiger partial charge in [-0.15, -0.1) is 0 Å². The number of hydrogen-bond acceptors (Lipinski definition) is 3. The van der Waals surface area contributed by atoms with E-state index in [1.807, 2.05) is 24.3 Å². The molecule has 7 aromatic rings. The van der Waals surface area contributed by atoms with Crippen LogP contribution < -0.4 is 11.5 Å². The van der Waals surface area contributed by atoms with Gasteiger partial charge in [0.15, 0.2) is 0 Å². The highest BCUT2D eigenvalue weighted by molar-refractivity contribution is 6.37. The molecule has 25 heavy (non-hydrogen) atoms. The van der Waals surface area contributed by atoms with Crippen LogP contribution >= 0.6 is 0 Å². The zero-order valence-corrected chi connectivity index (χ0v) is 13.0. The average Bonchev–Trinajstić information content (AvgIpc) is 2.60. The van der Waals surface area contributed by atoms with Gasteiger partial charge in [0.05, 0.1) is 11.1 Å². The van der Waals surface area contributed by atoms with E-state index in [0.717, 1.165) is 10.8 Å². The highest BCUT2D eigenvalue weighted by Crippen LogP contribution is 2.45. The third kappa shape index (κ3) is 1.52. The molecule has 0 radical (unpaired) electrons. The standard InChI is InChI=1S/C20H12N2O3/c21-19(24)17-13-8-1-3-9(4-2-8)14(13)18(20(22)25)16-11-6-5-10(15(16)17)7-12(11)23/h1-7,23H,(H2,21,24)(H2,22,25). The molecule has 0 aromatic heterocycles. The van der Waals surface area contributed by atoms with E-state index in [2.05, 4.69) is 0 Å². The molecule has 0 saturated heterocycles. The van der Waals surface area contributed by atoms with Gasteiger partial charge in [-0.05, 0) is 28.3 Å². The number of hydrogen-bond donors (Lipinski definition) is 3. The Morgan fingerprint density at radius 3 is 1.60 bits per heavy atom. The van der Waals surface area contributed by atoms with E-state index >= 15 is 0 Å². The average molecular weight is 328 g/mol. The van der Waals surface area contributed by atoms with Crippen molar-refractivity contribution in [2.75, 3.05) is 0 Å². The van der Waals surface area contributed by atoms with Crippen molar-refractivity contribution >= 4 is 54.9 Å². The SMILES string of the molecule is NC(=O)c1c2c3ccc(cc3)c2c(C(N)=O)c2c3ccc(cc3O)c12. The fourth-order valence-corrected chi connectivity index (χ4v) is 4.08. The van der Waals surface area contributed by atoms with Crippen LogP contribution in [0.25, 0.3) is 43.1 Å². The lowest BCUT2D eigenvalue weighted by atomic mass is 9.83. The minimum atomic E-state index is -0.604. The van der Waals surface area contributed by atoms with E-state index in [4.69, 9.17) is 11.5 Å². The number of phenols is 2. The Labute approximate surface area is 141 Å². The molecule has 0 fully saturated rings. The van der Waals surface area contributed by atoms with Crippen molar-refractivity contribution in [3.05, 3.63) is 53.6 Å². The Kier molecular flexibility index (Phi) is 2.36. The number of phenolic OH excluding ortho intramolecular Hbond substituents is 1. The molecular formula is C20H12N2O3. The van der Waals surface area contributed by atoms with E-state index in [1.165, 1.54) is 0 Å². The molecule has 0 spiro atoms. The van der Waals surface area contributed by atoms with Crippen LogP contribution in [0.15, 0.2) is 42.5 Å². The van der Waals surface area contributed by atoms with Crippen molar-refractivity contribution in [2.45, 2.75) is 0 Å². The predicted molar refractivity (Wildman–Crippen MR) is 97.5 cm³/mol. The first-order chi connectivity index (χ1) is 12.0. The molecule has 2 amide bonds. The van der Waals surface area contributed by atoms with Crippen LogP contribution in [0.3, 0.4) is 0 Å². The summed E-state index contributed by atoms with van der Waals surface area (Å²) in [6, 6.07) is 12.6. The Morgan fingerprint density at radius 2 is 1.12 bits per heavy atom. The number of nitrogens with two attached hydrogens (primary N) is 2. The summed E-state index contributed by atoms with van der Waals surface area (Å²) in [5.74, 6) is -1.13. The first-order valence-corrected chi connectivity index (χ1v) is 7.77. The van der Waals surface area contributed by atoms with Gasteiger partial charge in [0.25, 0.3) is 0 Å². The van der Waals surface area contributed by atoms with Crippen molar-refractivity contribution in [1.29, 1.82) is 0 Å². The molecule has 5 nitrogen and oxygen atoms in total. The fraction of sp³-hybridized carbons (Fsp3) is 0. The van der Waals surface area contributed by atoms with E-state index in [1.54, 1.807) is 18.2 Å². The molecule has 0 aliphatic rings. The monoisotopic (exact) mass is 328 g/mol. The van der Waals surface area contributed by atoms with Crippen LogP contribution in [0.2, 0.25) is 0 Å². The molecule has 7 rings (SSSR count). The lowest BCUT2D eigenvalue weighted by molar-refractivity contribution is 0.0993. The number of rotatable bonds is 2. The minimum absolute atomic E-state index is 0.0487. The molecular weight excluding hydrogens is 316 g/mol. The van der Waals surface area contributed by atoms with Crippen LogP contribution in [0.4, 0.5) is 0 Å². The largest absolute Gasteiger partial charge is 0.507 e. The van der Waals surface area contributed by atoms with Gasteiger partial charge in [-0.3, -0.25) is 9.59 Å². The van der Waals surface area contributed by atoms with Gasteiger partial charge in [-0.2, -0.15) is 0 Å². The van der Waals surface area contributed by atoms with Crippen LogP contribution in [0.5, 0.6) is 5.75 Å². The van der Waals surface area contributed by atoms with Crippen molar-refractivity contribution < 1.29 is 14.7 Å². The van der Waals surface area contributed by atoms with Crippen molar-refractivity contribution in [1.82, 2.24) is 0 Å². The lowest BCUT2D eigenvalue weighted by Crippen LogP contribution is -2.17. The maximum atomic E-state index is 12.4. The van der Waals surface area contributed by atoms with Gasteiger partial charge in [-0.1, -0.05) is 30.3 Å². The van der Waals surface area contributed by atoms with Crippen LogP contribution in [-0.2, 0) is 0 Å². The quantitative estimate of drug-likeness (QED) is 0.433. The summed E-state index contributed by atoms with van der Waals surface area (Å²) in [6.45, 7) is 0. The number of benzene rings is 7. The number of carbonyl (C=O) groups excluding carboxylic acids is 2. The fourth-order valence-electron chi connectivity index (χ4n) is 4.08. The molecule has 120 valence electrons. The number of aromatic hydroxyl groups is 1. The van der Waals surface area contributed by atoms with Crippen LogP contribution in [0.1, 0.15) is 20.7 Å². The summed E-state index contributed by atoms with van der Waals surface area (Å²) in [5, 5.41) is 15.3. The maximum absolute atomic E-state index is 12.4. The van der Waals surface area contributed by atoms with E-state index in [0.29, 0.717) is 43.4 Å². The van der Waals surface area contributed by atoms with Crippen molar-refractivity contribution in [2.24, 2.45) is 11.5 Å². The van der Waals surface area contributed by atoms with E-state index in [-0.39, 0.29) is 5.75 Å². The highest BCUT2D eigenvalue weighted by atomic mass is 16.3. The topological polar surface area (TPSA) is 106 Å². The van der Waals surface area contributed by atoms with Gasteiger partial charge in [0.2, 0.25) is 11.8 Å². The summed E-state index contributed by atoms with van der Waals surface area (Å²) >= 11 is 0.